The van der Waals surface area contributed by atoms with Crippen LogP contribution in [0.15, 0.2) is 36.9 Å². The van der Waals surface area contributed by atoms with Crippen molar-refractivity contribution in [1.29, 1.82) is 0 Å². The molecule has 1 atom stereocenters. The molecule has 0 bridgehead atoms. The van der Waals surface area contributed by atoms with E-state index in [4.69, 9.17) is 0 Å². The molecule has 0 aromatic carbocycles. The smallest absolute Gasteiger partial charge is 0.275 e. The Labute approximate surface area is 172 Å². The first-order valence-electron chi connectivity index (χ1n) is 9.46. The zero-order chi connectivity index (χ0) is 21.3. The number of aryl methyl sites for hydroxylation is 2. The van der Waals surface area contributed by atoms with Crippen LogP contribution in [0.4, 0.5) is 10.2 Å². The Bertz CT molecular complexity index is 1110. The molecule has 0 unspecified atom stereocenters. The Hall–Kier alpha value is -3.69. The Balaban J connectivity index is 1.50. The number of amides is 2. The first-order valence-corrected chi connectivity index (χ1v) is 9.46. The van der Waals surface area contributed by atoms with Crippen molar-refractivity contribution >= 4 is 17.6 Å². The van der Waals surface area contributed by atoms with Crippen LogP contribution in [0.25, 0.3) is 0 Å². The molecule has 2 amide bonds. The van der Waals surface area contributed by atoms with Crippen LogP contribution in [0, 0.1) is 12.7 Å². The molecule has 0 saturated carbocycles. The summed E-state index contributed by atoms with van der Waals surface area (Å²) in [5.41, 5.74) is 1.98. The number of aromatic nitrogens is 5. The van der Waals surface area contributed by atoms with Gasteiger partial charge in [-0.25, -0.2) is 9.37 Å². The van der Waals surface area contributed by atoms with Crippen LogP contribution in [0.2, 0.25) is 0 Å². The van der Waals surface area contributed by atoms with E-state index in [1.807, 2.05) is 13.0 Å². The lowest BCUT2D eigenvalue weighted by atomic mass is 10.1. The number of rotatable bonds is 4. The van der Waals surface area contributed by atoms with Crippen LogP contribution >= 0.6 is 0 Å². The zero-order valence-electron chi connectivity index (χ0n) is 16.5. The number of halogens is 1. The van der Waals surface area contributed by atoms with Crippen molar-refractivity contribution in [3.8, 4) is 0 Å². The van der Waals surface area contributed by atoms with Gasteiger partial charge in [-0.1, -0.05) is 6.07 Å². The summed E-state index contributed by atoms with van der Waals surface area (Å²) in [7, 11) is 1.58. The molecule has 154 valence electrons. The fourth-order valence-electron chi connectivity index (χ4n) is 3.41. The van der Waals surface area contributed by atoms with Gasteiger partial charge in [0.2, 0.25) is 0 Å². The number of carbonyl (C=O) groups is 2. The van der Waals surface area contributed by atoms with E-state index in [0.29, 0.717) is 24.4 Å². The normalized spacial score (nSPS) is 16.2. The summed E-state index contributed by atoms with van der Waals surface area (Å²) < 4.78 is 15.8. The SMILES string of the molecule is Cc1ncccc1Cn1cc(F)c(C(=O)N[C@@H]2CCc3nccnc3N(C)C2=O)n1. The highest BCUT2D eigenvalue weighted by Gasteiger charge is 2.32. The molecule has 10 heteroatoms. The van der Waals surface area contributed by atoms with Gasteiger partial charge in [0.25, 0.3) is 11.8 Å². The summed E-state index contributed by atoms with van der Waals surface area (Å²) in [4.78, 5) is 39.4. The molecule has 3 aromatic rings. The molecule has 3 aromatic heterocycles. The number of carbonyl (C=O) groups excluding carboxylic acids is 2. The molecule has 0 fully saturated rings. The van der Waals surface area contributed by atoms with E-state index >= 15 is 0 Å². The lowest BCUT2D eigenvalue weighted by Gasteiger charge is -2.20. The average Bonchev–Trinajstić information content (AvgIpc) is 3.06. The Morgan fingerprint density at radius 1 is 1.27 bits per heavy atom. The van der Waals surface area contributed by atoms with Crippen molar-refractivity contribution in [3.63, 3.8) is 0 Å². The second-order valence-electron chi connectivity index (χ2n) is 7.06. The number of nitrogens with zero attached hydrogens (tertiary/aromatic N) is 6. The molecule has 1 N–H and O–H groups in total. The minimum atomic E-state index is -0.830. The lowest BCUT2D eigenvalue weighted by Crippen LogP contribution is -2.47. The quantitative estimate of drug-likeness (QED) is 0.696. The van der Waals surface area contributed by atoms with Crippen LogP contribution in [-0.4, -0.2) is 49.6 Å². The summed E-state index contributed by atoms with van der Waals surface area (Å²) in [5.74, 6) is -1.38. The van der Waals surface area contributed by atoms with Gasteiger partial charge in [-0.05, 0) is 31.4 Å². The topological polar surface area (TPSA) is 106 Å². The Morgan fingerprint density at radius 2 is 2.07 bits per heavy atom. The van der Waals surface area contributed by atoms with E-state index in [1.54, 1.807) is 25.5 Å². The third kappa shape index (κ3) is 3.76. The third-order valence-electron chi connectivity index (χ3n) is 5.05. The summed E-state index contributed by atoms with van der Waals surface area (Å²) >= 11 is 0. The highest BCUT2D eigenvalue weighted by Crippen LogP contribution is 2.21. The van der Waals surface area contributed by atoms with Crippen molar-refractivity contribution in [1.82, 2.24) is 30.0 Å². The standard InChI is InChI=1S/C20H20FN7O2/c1-12-13(4-3-7-22-12)10-28-11-14(21)17(26-28)19(29)25-16-6-5-15-18(24-9-8-23-15)27(2)20(16)30/h3-4,7-9,11,16H,5-6,10H2,1-2H3,(H,25,29)/t16-/m1/s1. The van der Waals surface area contributed by atoms with Crippen molar-refractivity contribution in [3.05, 3.63) is 65.4 Å². The number of hydrogen-bond donors (Lipinski definition) is 1. The number of hydrogen-bond acceptors (Lipinski definition) is 6. The van der Waals surface area contributed by atoms with Gasteiger partial charge >= 0.3 is 0 Å². The maximum absolute atomic E-state index is 14.4. The van der Waals surface area contributed by atoms with Gasteiger partial charge in [0.1, 0.15) is 6.04 Å². The van der Waals surface area contributed by atoms with Crippen LogP contribution in [0.3, 0.4) is 0 Å². The van der Waals surface area contributed by atoms with Crippen molar-refractivity contribution in [2.45, 2.75) is 32.4 Å². The minimum absolute atomic E-state index is 0.279. The number of pyridine rings is 1. The molecule has 1 aliphatic rings. The van der Waals surface area contributed by atoms with E-state index in [2.05, 4.69) is 25.4 Å². The summed E-state index contributed by atoms with van der Waals surface area (Å²) in [6, 6.07) is 2.82. The minimum Gasteiger partial charge on any atom is -0.339 e. The molecular formula is C20H20FN7O2. The van der Waals surface area contributed by atoms with Crippen LogP contribution in [-0.2, 0) is 17.8 Å². The molecule has 9 nitrogen and oxygen atoms in total. The first-order chi connectivity index (χ1) is 14.4. The monoisotopic (exact) mass is 409 g/mol. The van der Waals surface area contributed by atoms with E-state index < -0.39 is 17.8 Å². The number of likely N-dealkylation sites (N-methyl/N-ethyl adjacent to an activating group) is 1. The van der Waals surface area contributed by atoms with Crippen molar-refractivity contribution in [2.75, 3.05) is 11.9 Å². The molecule has 0 aliphatic carbocycles. The zero-order valence-corrected chi connectivity index (χ0v) is 16.5. The maximum atomic E-state index is 14.4. The van der Waals surface area contributed by atoms with Gasteiger partial charge in [0.15, 0.2) is 17.3 Å². The van der Waals surface area contributed by atoms with Crippen molar-refractivity contribution in [2.24, 2.45) is 0 Å². The highest BCUT2D eigenvalue weighted by atomic mass is 19.1. The molecular weight excluding hydrogens is 389 g/mol. The van der Waals surface area contributed by atoms with Gasteiger partial charge in [0, 0.05) is 31.3 Å². The molecule has 0 saturated heterocycles. The van der Waals surface area contributed by atoms with E-state index in [1.165, 1.54) is 15.8 Å². The van der Waals surface area contributed by atoms with Crippen LogP contribution in [0.5, 0.6) is 0 Å². The second-order valence-corrected chi connectivity index (χ2v) is 7.06. The van der Waals surface area contributed by atoms with Crippen LogP contribution in [0.1, 0.15) is 33.9 Å². The van der Waals surface area contributed by atoms with E-state index in [0.717, 1.165) is 17.5 Å². The average molecular weight is 409 g/mol. The third-order valence-corrected chi connectivity index (χ3v) is 5.05. The fourth-order valence-corrected chi connectivity index (χ4v) is 3.41. The van der Waals surface area contributed by atoms with Gasteiger partial charge in [0.05, 0.1) is 18.4 Å². The number of fused-ring (bicyclic) bond motifs is 1. The van der Waals surface area contributed by atoms with Gasteiger partial charge in [-0.2, -0.15) is 5.10 Å². The largest absolute Gasteiger partial charge is 0.339 e. The second kappa shape index (κ2) is 7.97. The number of anilines is 1. The predicted molar refractivity (Wildman–Crippen MR) is 105 cm³/mol. The molecule has 0 spiro atoms. The van der Waals surface area contributed by atoms with E-state index in [-0.39, 0.29) is 18.1 Å². The Kier molecular flexibility index (Phi) is 5.21. The highest BCUT2D eigenvalue weighted by molar-refractivity contribution is 6.01. The van der Waals surface area contributed by atoms with Gasteiger partial charge in [-0.3, -0.25) is 29.1 Å². The lowest BCUT2D eigenvalue weighted by molar-refractivity contribution is -0.120. The number of nitrogens with one attached hydrogen (secondary N) is 1. The Morgan fingerprint density at radius 3 is 2.87 bits per heavy atom. The molecule has 4 rings (SSSR count). The first kappa shape index (κ1) is 19.6. The van der Waals surface area contributed by atoms with Crippen LogP contribution < -0.4 is 10.2 Å². The summed E-state index contributed by atoms with van der Waals surface area (Å²) in [6.07, 6.45) is 6.69. The van der Waals surface area contributed by atoms with Gasteiger partial charge < -0.3 is 5.32 Å². The summed E-state index contributed by atoms with van der Waals surface area (Å²) in [6.45, 7) is 2.13. The molecule has 30 heavy (non-hydrogen) atoms. The maximum Gasteiger partial charge on any atom is 0.275 e. The predicted octanol–water partition coefficient (Wildman–Crippen LogP) is 1.27. The summed E-state index contributed by atoms with van der Waals surface area (Å²) in [5, 5.41) is 6.68. The van der Waals surface area contributed by atoms with Crippen molar-refractivity contribution < 1.29 is 14.0 Å². The fraction of sp³-hybridized carbons (Fsp3) is 0.300. The molecule has 4 heterocycles. The molecule has 1 aliphatic heterocycles. The van der Waals surface area contributed by atoms with E-state index in [9.17, 15) is 14.0 Å². The van der Waals surface area contributed by atoms with Gasteiger partial charge in [-0.15, -0.1) is 0 Å². The molecule has 0 radical (unpaired) electrons.